The maximum Gasteiger partial charge on any atom is 0.128 e. The van der Waals surface area contributed by atoms with Crippen molar-refractivity contribution in [2.45, 2.75) is 91.1 Å². The number of rotatable bonds is 10. The zero-order chi connectivity index (χ0) is 16.2. The van der Waals surface area contributed by atoms with E-state index in [0.29, 0.717) is 12.0 Å². The van der Waals surface area contributed by atoms with Crippen LogP contribution in [0.1, 0.15) is 85.0 Å². The predicted octanol–water partition coefficient (Wildman–Crippen LogP) is 7.09. The van der Waals surface area contributed by atoms with Crippen LogP contribution < -0.4 is 0 Å². The maximum absolute atomic E-state index is 6.41. The summed E-state index contributed by atoms with van der Waals surface area (Å²) in [6.07, 6.45) is 20.1. The van der Waals surface area contributed by atoms with Gasteiger partial charge in [0.25, 0.3) is 0 Å². The summed E-state index contributed by atoms with van der Waals surface area (Å²) in [4.78, 5) is 1.36. The van der Waals surface area contributed by atoms with E-state index in [4.69, 9.17) is 4.74 Å². The fourth-order valence-corrected chi connectivity index (χ4v) is 3.75. The van der Waals surface area contributed by atoms with E-state index in [9.17, 15) is 0 Å². The summed E-state index contributed by atoms with van der Waals surface area (Å²) < 4.78 is 6.41. The minimum atomic E-state index is 0.442. The summed E-state index contributed by atoms with van der Waals surface area (Å²) in [6, 6.07) is 0. The molecule has 1 fully saturated rings. The van der Waals surface area contributed by atoms with E-state index in [1.807, 2.05) is 11.8 Å². The number of hydrogen-bond donors (Lipinski definition) is 0. The van der Waals surface area contributed by atoms with Crippen LogP contribution in [0.4, 0.5) is 0 Å². The molecule has 0 aromatic heterocycles. The van der Waals surface area contributed by atoms with Crippen LogP contribution in [-0.2, 0) is 4.74 Å². The molecule has 2 heteroatoms. The third-order valence-corrected chi connectivity index (χ3v) is 5.32. The lowest BCUT2D eigenvalue weighted by Crippen LogP contribution is -2.17. The molecule has 1 saturated carbocycles. The van der Waals surface area contributed by atoms with Gasteiger partial charge in [-0.1, -0.05) is 46.1 Å². The fourth-order valence-electron chi connectivity index (χ4n) is 3.09. The molecule has 0 aromatic carbocycles. The summed E-state index contributed by atoms with van der Waals surface area (Å²) in [7, 11) is 0. The fraction of sp³-hybridized carbons (Fsp3) is 0.800. The Balaban J connectivity index is 2.77. The van der Waals surface area contributed by atoms with E-state index in [1.54, 1.807) is 0 Å². The van der Waals surface area contributed by atoms with Crippen molar-refractivity contribution in [2.24, 2.45) is 5.92 Å². The van der Waals surface area contributed by atoms with Crippen molar-refractivity contribution >= 4 is 11.8 Å². The maximum atomic E-state index is 6.41. The molecule has 1 aliphatic rings. The van der Waals surface area contributed by atoms with Gasteiger partial charge in [-0.25, -0.2) is 0 Å². The number of allylic oxidation sites excluding steroid dienone is 2. The molecule has 0 saturated heterocycles. The first-order valence-corrected chi connectivity index (χ1v) is 10.6. The Labute approximate surface area is 143 Å². The Morgan fingerprint density at radius 3 is 2.45 bits per heavy atom. The Hall–Kier alpha value is -0.370. The summed E-state index contributed by atoms with van der Waals surface area (Å²) in [5.41, 5.74) is 0. The molecule has 0 radical (unpaired) electrons. The molecule has 0 amide bonds. The molecule has 1 rings (SSSR count). The van der Waals surface area contributed by atoms with E-state index in [2.05, 4.69) is 39.2 Å². The molecule has 128 valence electrons. The highest BCUT2D eigenvalue weighted by Gasteiger charge is 2.18. The SMILES string of the molecule is CC/C=C(OC1CCCCC1)/C(=C/C(CC)CCCC)SC. The largest absolute Gasteiger partial charge is 0.490 e. The molecule has 0 N–H and O–H groups in total. The quantitative estimate of drug-likeness (QED) is 0.313. The first-order valence-electron chi connectivity index (χ1n) is 9.38. The standard InChI is InChI=1S/C20H36OS/c1-5-8-13-17(7-3)16-20(22-4)19(12-6-2)21-18-14-10-9-11-15-18/h12,16-18H,5-11,13-15H2,1-4H3/b19-12-,20-16-. The second kappa shape index (κ2) is 12.1. The molecule has 1 atom stereocenters. The Morgan fingerprint density at radius 2 is 1.91 bits per heavy atom. The number of hydrogen-bond acceptors (Lipinski definition) is 2. The molecule has 0 spiro atoms. The lowest BCUT2D eigenvalue weighted by atomic mass is 9.97. The Kier molecular flexibility index (Phi) is 10.8. The average Bonchev–Trinajstić information content (AvgIpc) is 2.56. The van der Waals surface area contributed by atoms with Crippen molar-refractivity contribution in [3.8, 4) is 0 Å². The lowest BCUT2D eigenvalue weighted by Gasteiger charge is -2.26. The Morgan fingerprint density at radius 1 is 1.18 bits per heavy atom. The van der Waals surface area contributed by atoms with Crippen LogP contribution in [-0.4, -0.2) is 12.4 Å². The van der Waals surface area contributed by atoms with Crippen LogP contribution >= 0.6 is 11.8 Å². The third kappa shape index (κ3) is 7.26. The van der Waals surface area contributed by atoms with Gasteiger partial charge in [0, 0.05) is 4.91 Å². The lowest BCUT2D eigenvalue weighted by molar-refractivity contribution is 0.0885. The van der Waals surface area contributed by atoms with Crippen molar-refractivity contribution in [1.29, 1.82) is 0 Å². The summed E-state index contributed by atoms with van der Waals surface area (Å²) in [6.45, 7) is 6.79. The van der Waals surface area contributed by atoms with Gasteiger partial charge in [-0.3, -0.25) is 0 Å². The van der Waals surface area contributed by atoms with Crippen molar-refractivity contribution in [2.75, 3.05) is 6.26 Å². The molecule has 0 aliphatic heterocycles. The van der Waals surface area contributed by atoms with Gasteiger partial charge in [0.05, 0.1) is 6.10 Å². The monoisotopic (exact) mass is 324 g/mol. The van der Waals surface area contributed by atoms with Crippen molar-refractivity contribution in [1.82, 2.24) is 0 Å². The smallest absolute Gasteiger partial charge is 0.128 e. The van der Waals surface area contributed by atoms with Gasteiger partial charge in [0.2, 0.25) is 0 Å². The van der Waals surface area contributed by atoms with Gasteiger partial charge in [-0.05, 0) is 63.2 Å². The average molecular weight is 325 g/mol. The Bertz CT molecular complexity index is 340. The minimum Gasteiger partial charge on any atom is -0.490 e. The van der Waals surface area contributed by atoms with Gasteiger partial charge < -0.3 is 4.74 Å². The van der Waals surface area contributed by atoms with Gasteiger partial charge in [0.1, 0.15) is 5.76 Å². The topological polar surface area (TPSA) is 9.23 Å². The number of thioether (sulfide) groups is 1. The van der Waals surface area contributed by atoms with Crippen LogP contribution in [0, 0.1) is 5.92 Å². The van der Waals surface area contributed by atoms with Crippen LogP contribution in [0.2, 0.25) is 0 Å². The summed E-state index contributed by atoms with van der Waals surface area (Å²) >= 11 is 1.85. The highest BCUT2D eigenvalue weighted by atomic mass is 32.2. The van der Waals surface area contributed by atoms with Crippen LogP contribution in [0.25, 0.3) is 0 Å². The third-order valence-electron chi connectivity index (χ3n) is 4.54. The highest BCUT2D eigenvalue weighted by Crippen LogP contribution is 2.31. The molecule has 1 unspecified atom stereocenters. The van der Waals surface area contributed by atoms with E-state index < -0.39 is 0 Å². The number of unbranched alkanes of at least 4 members (excludes halogenated alkanes) is 1. The van der Waals surface area contributed by atoms with E-state index >= 15 is 0 Å². The van der Waals surface area contributed by atoms with Gasteiger partial charge in [-0.15, -0.1) is 11.8 Å². The molecule has 0 aromatic rings. The van der Waals surface area contributed by atoms with Crippen LogP contribution in [0.15, 0.2) is 22.8 Å². The van der Waals surface area contributed by atoms with Gasteiger partial charge in [-0.2, -0.15) is 0 Å². The second-order valence-corrected chi connectivity index (χ2v) is 7.25. The summed E-state index contributed by atoms with van der Waals surface area (Å²) in [5, 5.41) is 0. The molecule has 0 bridgehead atoms. The van der Waals surface area contributed by atoms with Gasteiger partial charge in [0.15, 0.2) is 0 Å². The summed E-state index contributed by atoms with van der Waals surface area (Å²) in [5.74, 6) is 1.84. The first-order chi connectivity index (χ1) is 10.7. The first kappa shape index (κ1) is 19.7. The van der Waals surface area contributed by atoms with Gasteiger partial charge >= 0.3 is 0 Å². The second-order valence-electron chi connectivity index (χ2n) is 6.40. The van der Waals surface area contributed by atoms with Crippen molar-refractivity contribution in [3.05, 3.63) is 22.8 Å². The molecule has 1 nitrogen and oxygen atoms in total. The van der Waals surface area contributed by atoms with E-state index in [1.165, 1.54) is 62.7 Å². The van der Waals surface area contributed by atoms with Crippen LogP contribution in [0.3, 0.4) is 0 Å². The molecular formula is C20H36OS. The van der Waals surface area contributed by atoms with Crippen molar-refractivity contribution in [3.63, 3.8) is 0 Å². The molecular weight excluding hydrogens is 288 g/mol. The molecule has 0 heterocycles. The van der Waals surface area contributed by atoms with Crippen molar-refractivity contribution < 1.29 is 4.74 Å². The predicted molar refractivity (Wildman–Crippen MR) is 101 cm³/mol. The highest BCUT2D eigenvalue weighted by molar-refractivity contribution is 8.02. The molecule has 1 aliphatic carbocycles. The normalized spacial score (nSPS) is 19.3. The minimum absolute atomic E-state index is 0.442. The van der Waals surface area contributed by atoms with Crippen LogP contribution in [0.5, 0.6) is 0 Å². The van der Waals surface area contributed by atoms with E-state index in [-0.39, 0.29) is 0 Å². The zero-order valence-corrected chi connectivity index (χ0v) is 16.0. The zero-order valence-electron chi connectivity index (χ0n) is 15.2. The molecule has 22 heavy (non-hydrogen) atoms. The van der Waals surface area contributed by atoms with E-state index in [0.717, 1.165) is 12.2 Å². The number of ether oxygens (including phenoxy) is 1.